The highest BCUT2D eigenvalue weighted by molar-refractivity contribution is 5.94. The van der Waals surface area contributed by atoms with Crippen LogP contribution in [-0.4, -0.2) is 20.8 Å². The first-order valence-corrected chi connectivity index (χ1v) is 6.18. The fraction of sp³-hybridized carbons (Fsp3) is 0.286. The summed E-state index contributed by atoms with van der Waals surface area (Å²) in [5.41, 5.74) is 2.44. The molecule has 0 atom stereocenters. The second-order valence-electron chi connectivity index (χ2n) is 4.36. The number of amides is 1. The van der Waals surface area contributed by atoms with Gasteiger partial charge in [0.15, 0.2) is 0 Å². The summed E-state index contributed by atoms with van der Waals surface area (Å²) in [6, 6.07) is 6.29. The first-order chi connectivity index (χ1) is 9.10. The number of carbonyl (C=O) groups excluding carboxylic acids is 1. The topological polar surface area (TPSA) is 67.2 Å². The van der Waals surface area contributed by atoms with Crippen molar-refractivity contribution in [2.75, 3.05) is 0 Å². The molecule has 2 rings (SSSR count). The van der Waals surface area contributed by atoms with Crippen molar-refractivity contribution in [1.82, 2.24) is 15.1 Å². The lowest BCUT2D eigenvalue weighted by molar-refractivity contribution is 0.0950. The van der Waals surface area contributed by atoms with E-state index in [0.29, 0.717) is 12.1 Å². The van der Waals surface area contributed by atoms with Crippen molar-refractivity contribution >= 4 is 5.91 Å². The Morgan fingerprint density at radius 1 is 1.47 bits per heavy atom. The molecule has 5 nitrogen and oxygen atoms in total. The maximum atomic E-state index is 11.9. The smallest absolute Gasteiger partial charge is 0.251 e. The first-order valence-electron chi connectivity index (χ1n) is 6.18. The van der Waals surface area contributed by atoms with Gasteiger partial charge in [-0.05, 0) is 24.6 Å². The molecule has 0 saturated heterocycles. The summed E-state index contributed by atoms with van der Waals surface area (Å²) in [7, 11) is 1.86. The average molecular weight is 259 g/mol. The van der Waals surface area contributed by atoms with Gasteiger partial charge in [-0.2, -0.15) is 5.10 Å². The second-order valence-corrected chi connectivity index (χ2v) is 4.36. The minimum absolute atomic E-state index is 0.0864. The van der Waals surface area contributed by atoms with Gasteiger partial charge in [0.25, 0.3) is 5.91 Å². The molecule has 2 aromatic rings. The second kappa shape index (κ2) is 5.56. The van der Waals surface area contributed by atoms with Crippen molar-refractivity contribution in [3.05, 3.63) is 47.3 Å². The zero-order valence-electron chi connectivity index (χ0n) is 11.1. The summed E-state index contributed by atoms with van der Waals surface area (Å²) in [6.07, 6.45) is 2.74. The van der Waals surface area contributed by atoms with Crippen molar-refractivity contribution < 1.29 is 9.90 Å². The Kier molecular flexibility index (Phi) is 3.85. The number of hydrogen-bond donors (Lipinski definition) is 2. The van der Waals surface area contributed by atoms with E-state index >= 15 is 0 Å². The minimum atomic E-state index is -0.207. The molecule has 1 heterocycles. The molecule has 0 saturated carbocycles. The molecule has 0 spiro atoms. The van der Waals surface area contributed by atoms with E-state index in [0.717, 1.165) is 17.7 Å². The highest BCUT2D eigenvalue weighted by Crippen LogP contribution is 2.11. The lowest BCUT2D eigenvalue weighted by Gasteiger charge is -2.05. The predicted octanol–water partition coefficient (Wildman–Crippen LogP) is 1.62. The van der Waals surface area contributed by atoms with Crippen LogP contribution in [0, 0.1) is 0 Å². The van der Waals surface area contributed by atoms with Gasteiger partial charge in [0.05, 0.1) is 5.69 Å². The summed E-state index contributed by atoms with van der Waals surface area (Å²) >= 11 is 0. The lowest BCUT2D eigenvalue weighted by Crippen LogP contribution is -2.23. The Hall–Kier alpha value is -2.30. The van der Waals surface area contributed by atoms with Gasteiger partial charge in [-0.3, -0.25) is 9.48 Å². The number of aromatic nitrogens is 2. The van der Waals surface area contributed by atoms with Crippen LogP contribution >= 0.6 is 0 Å². The third kappa shape index (κ3) is 3.13. The van der Waals surface area contributed by atoms with Gasteiger partial charge in [0.2, 0.25) is 0 Å². The van der Waals surface area contributed by atoms with Crippen molar-refractivity contribution in [2.24, 2.45) is 7.05 Å². The van der Waals surface area contributed by atoms with Crippen molar-refractivity contribution in [3.63, 3.8) is 0 Å². The molecule has 1 aromatic carbocycles. The van der Waals surface area contributed by atoms with Crippen molar-refractivity contribution in [1.29, 1.82) is 0 Å². The third-order valence-electron chi connectivity index (χ3n) is 2.87. The molecule has 0 radical (unpaired) electrons. The Bertz CT molecular complexity index is 590. The molecule has 2 N–H and O–H groups in total. The number of rotatable bonds is 4. The van der Waals surface area contributed by atoms with Gasteiger partial charge in [0.1, 0.15) is 5.75 Å². The number of aryl methyl sites for hydroxylation is 2. The fourth-order valence-corrected chi connectivity index (χ4v) is 1.95. The van der Waals surface area contributed by atoms with E-state index in [1.165, 1.54) is 12.1 Å². The van der Waals surface area contributed by atoms with E-state index in [1.807, 2.05) is 20.2 Å². The van der Waals surface area contributed by atoms with Gasteiger partial charge < -0.3 is 10.4 Å². The van der Waals surface area contributed by atoms with Crippen LogP contribution in [0.2, 0.25) is 0 Å². The molecule has 0 fully saturated rings. The summed E-state index contributed by atoms with van der Waals surface area (Å²) in [5.74, 6) is -0.120. The molecule has 1 amide bonds. The minimum Gasteiger partial charge on any atom is -0.508 e. The van der Waals surface area contributed by atoms with Gasteiger partial charge in [0, 0.05) is 30.9 Å². The number of aromatic hydroxyl groups is 1. The maximum Gasteiger partial charge on any atom is 0.251 e. The molecule has 19 heavy (non-hydrogen) atoms. The normalized spacial score (nSPS) is 10.4. The zero-order valence-corrected chi connectivity index (χ0v) is 11.1. The van der Waals surface area contributed by atoms with E-state index < -0.39 is 0 Å². The highest BCUT2D eigenvalue weighted by atomic mass is 16.3. The number of nitrogens with zero attached hydrogens (tertiary/aromatic N) is 2. The molecular weight excluding hydrogens is 242 g/mol. The van der Waals surface area contributed by atoms with E-state index in [-0.39, 0.29) is 11.7 Å². The average Bonchev–Trinajstić information content (AvgIpc) is 2.76. The number of hydrogen-bond acceptors (Lipinski definition) is 3. The molecule has 0 aliphatic carbocycles. The van der Waals surface area contributed by atoms with Gasteiger partial charge in [-0.15, -0.1) is 0 Å². The van der Waals surface area contributed by atoms with E-state index in [9.17, 15) is 9.90 Å². The standard InChI is InChI=1S/C14H17N3O2/c1-3-13-11(9-17(2)16-13)8-15-14(19)10-5-4-6-12(18)7-10/h4-7,9,18H,3,8H2,1-2H3,(H,15,19). The number of benzene rings is 1. The Morgan fingerprint density at radius 3 is 2.95 bits per heavy atom. The van der Waals surface area contributed by atoms with Crippen LogP contribution in [0.1, 0.15) is 28.5 Å². The SMILES string of the molecule is CCc1nn(C)cc1CNC(=O)c1cccc(O)c1. The molecule has 0 bridgehead atoms. The van der Waals surface area contributed by atoms with Crippen LogP contribution in [0.3, 0.4) is 0 Å². The van der Waals surface area contributed by atoms with E-state index in [1.54, 1.807) is 16.8 Å². The maximum absolute atomic E-state index is 11.9. The monoisotopic (exact) mass is 259 g/mol. The highest BCUT2D eigenvalue weighted by Gasteiger charge is 2.09. The molecular formula is C14H17N3O2. The molecule has 100 valence electrons. The molecule has 0 aliphatic rings. The summed E-state index contributed by atoms with van der Waals surface area (Å²) in [6.45, 7) is 2.47. The Balaban J connectivity index is 2.04. The van der Waals surface area contributed by atoms with Crippen LogP contribution in [0.4, 0.5) is 0 Å². The van der Waals surface area contributed by atoms with Crippen LogP contribution in [0.15, 0.2) is 30.5 Å². The van der Waals surface area contributed by atoms with E-state index in [4.69, 9.17) is 0 Å². The zero-order chi connectivity index (χ0) is 13.8. The first kappa shape index (κ1) is 13.1. The van der Waals surface area contributed by atoms with Crippen LogP contribution in [0.25, 0.3) is 0 Å². The van der Waals surface area contributed by atoms with Crippen molar-refractivity contribution in [3.8, 4) is 5.75 Å². The predicted molar refractivity (Wildman–Crippen MR) is 71.9 cm³/mol. The van der Waals surface area contributed by atoms with E-state index in [2.05, 4.69) is 10.4 Å². The summed E-state index contributed by atoms with van der Waals surface area (Å²) < 4.78 is 1.74. The van der Waals surface area contributed by atoms with Gasteiger partial charge in [-0.25, -0.2) is 0 Å². The quantitative estimate of drug-likeness (QED) is 0.876. The Morgan fingerprint density at radius 2 is 2.26 bits per heavy atom. The van der Waals surface area contributed by atoms with Gasteiger partial charge >= 0.3 is 0 Å². The summed E-state index contributed by atoms with van der Waals surface area (Å²) in [4.78, 5) is 11.9. The van der Waals surface area contributed by atoms with Crippen molar-refractivity contribution in [2.45, 2.75) is 19.9 Å². The fourth-order valence-electron chi connectivity index (χ4n) is 1.95. The summed E-state index contributed by atoms with van der Waals surface area (Å²) in [5, 5.41) is 16.5. The number of phenols is 1. The molecule has 5 heteroatoms. The third-order valence-corrected chi connectivity index (χ3v) is 2.87. The Labute approximate surface area is 111 Å². The number of carbonyl (C=O) groups is 1. The van der Waals surface area contributed by atoms with Crippen LogP contribution in [-0.2, 0) is 20.0 Å². The molecule has 0 unspecified atom stereocenters. The molecule has 0 aliphatic heterocycles. The molecule has 1 aromatic heterocycles. The number of phenolic OH excluding ortho intramolecular Hbond substituents is 1. The van der Waals surface area contributed by atoms with Crippen LogP contribution < -0.4 is 5.32 Å². The van der Waals surface area contributed by atoms with Gasteiger partial charge in [-0.1, -0.05) is 13.0 Å². The largest absolute Gasteiger partial charge is 0.508 e. The van der Waals surface area contributed by atoms with Crippen LogP contribution in [0.5, 0.6) is 5.75 Å². The number of nitrogens with one attached hydrogen (secondary N) is 1. The lowest BCUT2D eigenvalue weighted by atomic mass is 10.2.